The molecule has 9 heteroatoms. The Morgan fingerprint density at radius 1 is 1.14 bits per heavy atom. The van der Waals surface area contributed by atoms with E-state index in [0.717, 1.165) is 45.0 Å². The standard InChI is InChI=1S/C19H23N7O2/c1-12-10-25(19-20-5-2-6-21-19)11-14(12)16-23-18(27)15-9-22-17(26(15)24-16)13-3-7-28-8-4-13/h2,5-6,9,12-14H,3-4,7-8,10-11H2,1H3,(H,23,24,27). The molecule has 0 saturated carbocycles. The quantitative estimate of drug-likeness (QED) is 0.730. The summed E-state index contributed by atoms with van der Waals surface area (Å²) >= 11 is 0. The Morgan fingerprint density at radius 2 is 1.93 bits per heavy atom. The van der Waals surface area contributed by atoms with Crippen molar-refractivity contribution in [3.05, 3.63) is 46.7 Å². The molecule has 2 fully saturated rings. The number of aromatic nitrogens is 6. The highest BCUT2D eigenvalue weighted by molar-refractivity contribution is 5.43. The lowest BCUT2D eigenvalue weighted by Gasteiger charge is -2.21. The van der Waals surface area contributed by atoms with Gasteiger partial charge in [-0.1, -0.05) is 6.92 Å². The largest absolute Gasteiger partial charge is 0.381 e. The fourth-order valence-electron chi connectivity index (χ4n) is 4.27. The van der Waals surface area contributed by atoms with Crippen molar-refractivity contribution in [2.24, 2.45) is 5.92 Å². The van der Waals surface area contributed by atoms with E-state index in [4.69, 9.17) is 9.84 Å². The first-order valence-corrected chi connectivity index (χ1v) is 9.78. The van der Waals surface area contributed by atoms with Crippen molar-refractivity contribution in [3.63, 3.8) is 0 Å². The predicted octanol–water partition coefficient (Wildman–Crippen LogP) is 1.34. The summed E-state index contributed by atoms with van der Waals surface area (Å²) < 4.78 is 7.21. The predicted molar refractivity (Wildman–Crippen MR) is 103 cm³/mol. The lowest BCUT2D eigenvalue weighted by Crippen LogP contribution is -2.24. The highest BCUT2D eigenvalue weighted by Gasteiger charge is 2.34. The monoisotopic (exact) mass is 381 g/mol. The molecule has 2 aliphatic rings. The second-order valence-corrected chi connectivity index (χ2v) is 7.68. The van der Waals surface area contributed by atoms with Gasteiger partial charge in [0, 0.05) is 50.5 Å². The van der Waals surface area contributed by atoms with Gasteiger partial charge in [-0.3, -0.25) is 4.79 Å². The van der Waals surface area contributed by atoms with E-state index in [1.54, 1.807) is 23.1 Å². The third-order valence-electron chi connectivity index (χ3n) is 5.83. The molecule has 3 aromatic rings. The molecular weight excluding hydrogens is 358 g/mol. The summed E-state index contributed by atoms with van der Waals surface area (Å²) in [7, 11) is 0. The van der Waals surface area contributed by atoms with Crippen molar-refractivity contribution in [2.75, 3.05) is 31.2 Å². The molecule has 0 amide bonds. The SMILES string of the molecule is CC1CN(c2ncccn2)CC1c1nn2c(C3CCOCC3)ncc2c(=O)[nH]1. The number of hydrogen-bond donors (Lipinski definition) is 1. The van der Waals surface area contributed by atoms with E-state index in [1.807, 2.05) is 6.07 Å². The van der Waals surface area contributed by atoms with Crippen LogP contribution in [0.4, 0.5) is 5.95 Å². The van der Waals surface area contributed by atoms with Crippen LogP contribution in [-0.4, -0.2) is 55.9 Å². The Hall–Kier alpha value is -2.81. The molecule has 2 aliphatic heterocycles. The Balaban J connectivity index is 1.49. The zero-order chi connectivity index (χ0) is 19.1. The van der Waals surface area contributed by atoms with Gasteiger partial charge in [0.1, 0.15) is 11.6 Å². The smallest absolute Gasteiger partial charge is 0.276 e. The Kier molecular flexibility index (Phi) is 4.31. The number of nitrogens with one attached hydrogen (secondary N) is 1. The van der Waals surface area contributed by atoms with Gasteiger partial charge in [0.2, 0.25) is 5.95 Å². The van der Waals surface area contributed by atoms with Crippen molar-refractivity contribution in [1.29, 1.82) is 0 Å². The van der Waals surface area contributed by atoms with Crippen LogP contribution >= 0.6 is 0 Å². The first-order valence-electron chi connectivity index (χ1n) is 9.78. The average Bonchev–Trinajstić information content (AvgIpc) is 3.33. The van der Waals surface area contributed by atoms with Crippen LogP contribution in [0, 0.1) is 5.92 Å². The van der Waals surface area contributed by atoms with E-state index in [9.17, 15) is 4.79 Å². The average molecular weight is 381 g/mol. The van der Waals surface area contributed by atoms with Crippen LogP contribution in [0.2, 0.25) is 0 Å². The minimum Gasteiger partial charge on any atom is -0.381 e. The molecule has 2 atom stereocenters. The molecule has 5 rings (SSSR count). The molecule has 0 radical (unpaired) electrons. The number of imidazole rings is 1. The second-order valence-electron chi connectivity index (χ2n) is 7.68. The third kappa shape index (κ3) is 2.95. The summed E-state index contributed by atoms with van der Waals surface area (Å²) in [5.41, 5.74) is 0.358. The molecule has 28 heavy (non-hydrogen) atoms. The molecule has 9 nitrogen and oxygen atoms in total. The van der Waals surface area contributed by atoms with Gasteiger partial charge in [-0.2, -0.15) is 5.10 Å². The maximum Gasteiger partial charge on any atom is 0.276 e. The lowest BCUT2D eigenvalue weighted by atomic mass is 9.97. The highest BCUT2D eigenvalue weighted by atomic mass is 16.5. The molecule has 0 spiro atoms. The van der Waals surface area contributed by atoms with E-state index in [2.05, 4.69) is 31.8 Å². The first-order chi connectivity index (χ1) is 13.7. The first kappa shape index (κ1) is 17.3. The van der Waals surface area contributed by atoms with Crippen molar-refractivity contribution in [3.8, 4) is 0 Å². The number of rotatable bonds is 3. The third-order valence-corrected chi connectivity index (χ3v) is 5.83. The molecule has 5 heterocycles. The lowest BCUT2D eigenvalue weighted by molar-refractivity contribution is 0.0832. The normalized spacial score (nSPS) is 23.5. The molecule has 2 unspecified atom stereocenters. The molecule has 0 bridgehead atoms. The molecule has 1 N–H and O–H groups in total. The van der Waals surface area contributed by atoms with Crippen LogP contribution in [0.3, 0.4) is 0 Å². The van der Waals surface area contributed by atoms with E-state index >= 15 is 0 Å². The van der Waals surface area contributed by atoms with Crippen LogP contribution in [-0.2, 0) is 4.74 Å². The van der Waals surface area contributed by atoms with Gasteiger partial charge < -0.3 is 14.6 Å². The second kappa shape index (κ2) is 6.97. The molecule has 3 aromatic heterocycles. The summed E-state index contributed by atoms with van der Waals surface area (Å²) in [6, 6.07) is 1.81. The molecule has 0 aromatic carbocycles. The Morgan fingerprint density at radius 3 is 2.71 bits per heavy atom. The number of H-pyrrole nitrogens is 1. The van der Waals surface area contributed by atoms with Crippen LogP contribution in [0.5, 0.6) is 0 Å². The van der Waals surface area contributed by atoms with Gasteiger partial charge in [-0.05, 0) is 24.8 Å². The number of nitrogens with zero attached hydrogens (tertiary/aromatic N) is 6. The summed E-state index contributed by atoms with van der Waals surface area (Å²) in [6.07, 6.45) is 6.93. The number of hydrogen-bond acceptors (Lipinski definition) is 7. The van der Waals surface area contributed by atoms with E-state index < -0.39 is 0 Å². The summed E-state index contributed by atoms with van der Waals surface area (Å²) in [5.74, 6) is 2.97. The number of fused-ring (bicyclic) bond motifs is 1. The minimum absolute atomic E-state index is 0.103. The van der Waals surface area contributed by atoms with Crippen LogP contribution in [0.15, 0.2) is 29.5 Å². The molecule has 146 valence electrons. The summed E-state index contributed by atoms with van der Waals surface area (Å²) in [4.78, 5) is 31.1. The van der Waals surface area contributed by atoms with Gasteiger partial charge in [0.05, 0.1) is 6.20 Å². The van der Waals surface area contributed by atoms with Crippen LogP contribution < -0.4 is 10.5 Å². The zero-order valence-electron chi connectivity index (χ0n) is 15.8. The summed E-state index contributed by atoms with van der Waals surface area (Å²) in [6.45, 7) is 5.17. The number of ether oxygens (including phenoxy) is 1. The van der Waals surface area contributed by atoms with Crippen molar-refractivity contribution in [2.45, 2.75) is 31.6 Å². The molecule has 0 aliphatic carbocycles. The summed E-state index contributed by atoms with van der Waals surface area (Å²) in [5, 5.41) is 4.82. The number of anilines is 1. The van der Waals surface area contributed by atoms with Gasteiger partial charge in [-0.25, -0.2) is 19.5 Å². The van der Waals surface area contributed by atoms with E-state index in [1.165, 1.54) is 0 Å². The highest BCUT2D eigenvalue weighted by Crippen LogP contribution is 2.32. The van der Waals surface area contributed by atoms with Crippen molar-refractivity contribution in [1.82, 2.24) is 29.5 Å². The Labute approximate surface area is 161 Å². The molecular formula is C19H23N7O2. The van der Waals surface area contributed by atoms with Gasteiger partial charge in [0.25, 0.3) is 5.56 Å². The van der Waals surface area contributed by atoms with E-state index in [-0.39, 0.29) is 17.4 Å². The fraction of sp³-hybridized carbons (Fsp3) is 0.526. The fourth-order valence-corrected chi connectivity index (χ4v) is 4.27. The van der Waals surface area contributed by atoms with Crippen LogP contribution in [0.25, 0.3) is 5.52 Å². The number of aromatic amines is 1. The van der Waals surface area contributed by atoms with Crippen molar-refractivity contribution >= 4 is 11.5 Å². The maximum atomic E-state index is 12.7. The Bertz CT molecular complexity index is 1030. The van der Waals surface area contributed by atoms with Gasteiger partial charge in [-0.15, -0.1) is 0 Å². The van der Waals surface area contributed by atoms with Crippen LogP contribution in [0.1, 0.15) is 43.3 Å². The minimum atomic E-state index is -0.141. The van der Waals surface area contributed by atoms with Gasteiger partial charge >= 0.3 is 0 Å². The molecule has 2 saturated heterocycles. The van der Waals surface area contributed by atoms with Gasteiger partial charge in [0.15, 0.2) is 5.52 Å². The zero-order valence-corrected chi connectivity index (χ0v) is 15.8. The van der Waals surface area contributed by atoms with Crippen molar-refractivity contribution < 1.29 is 4.74 Å². The maximum absolute atomic E-state index is 12.7. The topological polar surface area (TPSA) is 101 Å². The van der Waals surface area contributed by atoms with E-state index in [0.29, 0.717) is 23.2 Å².